The van der Waals surface area contributed by atoms with E-state index in [0.29, 0.717) is 11.3 Å². The standard InChI is InChI=1S/C19H20N2O2/c1-13(2)12-18-20-17-7-5-4-6-16(17)19(22)21(18)14-8-10-15(23-3)11-9-14/h4-11,13H,12H2,1-3H3. The van der Waals surface area contributed by atoms with Crippen LogP contribution in [0.1, 0.15) is 19.7 Å². The Balaban J connectivity index is 2.27. The molecule has 23 heavy (non-hydrogen) atoms. The van der Waals surface area contributed by atoms with Gasteiger partial charge in [0, 0.05) is 6.42 Å². The van der Waals surface area contributed by atoms with Crippen molar-refractivity contribution in [3.05, 3.63) is 64.7 Å². The molecule has 4 nitrogen and oxygen atoms in total. The predicted octanol–water partition coefficient (Wildman–Crippen LogP) is 3.59. The highest BCUT2D eigenvalue weighted by atomic mass is 16.5. The fraction of sp³-hybridized carbons (Fsp3) is 0.263. The van der Waals surface area contributed by atoms with Gasteiger partial charge >= 0.3 is 0 Å². The number of hydrogen-bond acceptors (Lipinski definition) is 3. The van der Waals surface area contributed by atoms with Crippen LogP contribution in [0.5, 0.6) is 5.75 Å². The minimum atomic E-state index is -0.0311. The molecule has 0 spiro atoms. The molecule has 0 unspecified atom stereocenters. The zero-order chi connectivity index (χ0) is 16.4. The minimum Gasteiger partial charge on any atom is -0.497 e. The molecule has 4 heteroatoms. The molecule has 0 saturated carbocycles. The number of nitrogens with zero attached hydrogens (tertiary/aromatic N) is 2. The molecule has 2 aromatic carbocycles. The molecule has 0 aliphatic heterocycles. The molecule has 118 valence electrons. The number of rotatable bonds is 4. The third kappa shape index (κ3) is 2.97. The van der Waals surface area contributed by atoms with Crippen molar-refractivity contribution in [3.63, 3.8) is 0 Å². The molecule has 0 fully saturated rings. The SMILES string of the molecule is COc1ccc(-n2c(CC(C)C)nc3ccccc3c2=O)cc1. The smallest absolute Gasteiger partial charge is 0.265 e. The summed E-state index contributed by atoms with van der Waals surface area (Å²) in [6.07, 6.45) is 0.742. The number of methoxy groups -OCH3 is 1. The zero-order valence-corrected chi connectivity index (χ0v) is 13.6. The van der Waals surface area contributed by atoms with Gasteiger partial charge in [0.2, 0.25) is 0 Å². The van der Waals surface area contributed by atoms with Gasteiger partial charge in [0.25, 0.3) is 5.56 Å². The van der Waals surface area contributed by atoms with Crippen molar-refractivity contribution in [3.8, 4) is 11.4 Å². The Kier molecular flexibility index (Phi) is 4.15. The first-order valence-corrected chi connectivity index (χ1v) is 7.75. The lowest BCUT2D eigenvalue weighted by molar-refractivity contribution is 0.414. The average molecular weight is 308 g/mol. The van der Waals surface area contributed by atoms with E-state index in [9.17, 15) is 4.79 Å². The summed E-state index contributed by atoms with van der Waals surface area (Å²) in [6, 6.07) is 15.0. The van der Waals surface area contributed by atoms with Crippen LogP contribution in [0.4, 0.5) is 0 Å². The quantitative estimate of drug-likeness (QED) is 0.740. The van der Waals surface area contributed by atoms with Crippen LogP contribution in [0.25, 0.3) is 16.6 Å². The van der Waals surface area contributed by atoms with Crippen LogP contribution in [-0.4, -0.2) is 16.7 Å². The van der Waals surface area contributed by atoms with Crippen LogP contribution in [0.3, 0.4) is 0 Å². The van der Waals surface area contributed by atoms with Gasteiger partial charge in [0.05, 0.1) is 23.7 Å². The number of benzene rings is 2. The van der Waals surface area contributed by atoms with Gasteiger partial charge in [-0.1, -0.05) is 26.0 Å². The maximum absolute atomic E-state index is 13.0. The first-order valence-electron chi connectivity index (χ1n) is 7.75. The second kappa shape index (κ2) is 6.24. The zero-order valence-electron chi connectivity index (χ0n) is 13.6. The minimum absolute atomic E-state index is 0.0311. The van der Waals surface area contributed by atoms with Crippen molar-refractivity contribution in [2.24, 2.45) is 5.92 Å². The summed E-state index contributed by atoms with van der Waals surface area (Å²) >= 11 is 0. The monoisotopic (exact) mass is 308 g/mol. The predicted molar refractivity (Wildman–Crippen MR) is 92.4 cm³/mol. The Morgan fingerprint density at radius 1 is 1.09 bits per heavy atom. The number of hydrogen-bond donors (Lipinski definition) is 0. The van der Waals surface area contributed by atoms with Crippen LogP contribution in [0, 0.1) is 5.92 Å². The Morgan fingerprint density at radius 2 is 1.78 bits per heavy atom. The molecule has 0 N–H and O–H groups in total. The first kappa shape index (κ1) is 15.3. The molecular formula is C19H20N2O2. The van der Waals surface area contributed by atoms with E-state index in [2.05, 4.69) is 13.8 Å². The van der Waals surface area contributed by atoms with Gasteiger partial charge in [-0.2, -0.15) is 0 Å². The van der Waals surface area contributed by atoms with Crippen molar-refractivity contribution in [1.82, 2.24) is 9.55 Å². The number of aromatic nitrogens is 2. The Morgan fingerprint density at radius 3 is 2.43 bits per heavy atom. The molecule has 0 saturated heterocycles. The summed E-state index contributed by atoms with van der Waals surface area (Å²) in [6.45, 7) is 4.25. The van der Waals surface area contributed by atoms with Crippen molar-refractivity contribution >= 4 is 10.9 Å². The highest BCUT2D eigenvalue weighted by molar-refractivity contribution is 5.77. The van der Waals surface area contributed by atoms with E-state index >= 15 is 0 Å². The molecule has 1 heterocycles. The summed E-state index contributed by atoms with van der Waals surface area (Å²) in [5, 5.41) is 0.635. The van der Waals surface area contributed by atoms with E-state index in [0.717, 1.165) is 29.2 Å². The highest BCUT2D eigenvalue weighted by Gasteiger charge is 2.13. The van der Waals surface area contributed by atoms with Crippen LogP contribution < -0.4 is 10.3 Å². The van der Waals surface area contributed by atoms with Gasteiger partial charge in [0.15, 0.2) is 0 Å². The first-order chi connectivity index (χ1) is 11.1. The van der Waals surface area contributed by atoms with E-state index < -0.39 is 0 Å². The van der Waals surface area contributed by atoms with Crippen molar-refractivity contribution in [1.29, 1.82) is 0 Å². The molecule has 0 aliphatic rings. The molecule has 1 aromatic heterocycles. The van der Waals surface area contributed by atoms with Gasteiger partial charge in [-0.25, -0.2) is 4.98 Å². The number of ether oxygens (including phenoxy) is 1. The Hall–Kier alpha value is -2.62. The molecule has 0 atom stereocenters. The lowest BCUT2D eigenvalue weighted by Crippen LogP contribution is -2.24. The fourth-order valence-electron chi connectivity index (χ4n) is 2.68. The van der Waals surface area contributed by atoms with Gasteiger partial charge in [-0.3, -0.25) is 9.36 Å². The highest BCUT2D eigenvalue weighted by Crippen LogP contribution is 2.18. The summed E-state index contributed by atoms with van der Waals surface area (Å²) in [5.41, 5.74) is 1.53. The van der Waals surface area contributed by atoms with Crippen molar-refractivity contribution in [2.75, 3.05) is 7.11 Å². The van der Waals surface area contributed by atoms with E-state index in [1.807, 2.05) is 48.5 Å². The van der Waals surface area contributed by atoms with Gasteiger partial charge in [-0.05, 0) is 42.3 Å². The second-order valence-electron chi connectivity index (χ2n) is 5.98. The van der Waals surface area contributed by atoms with Gasteiger partial charge in [-0.15, -0.1) is 0 Å². The average Bonchev–Trinajstić information content (AvgIpc) is 2.55. The summed E-state index contributed by atoms with van der Waals surface area (Å²) in [7, 11) is 1.63. The number of fused-ring (bicyclic) bond motifs is 1. The van der Waals surface area contributed by atoms with Crippen molar-refractivity contribution in [2.45, 2.75) is 20.3 Å². The normalized spacial score (nSPS) is 11.1. The maximum atomic E-state index is 13.0. The number of para-hydroxylation sites is 1. The van der Waals surface area contributed by atoms with Crippen LogP contribution in [-0.2, 0) is 6.42 Å². The molecule has 3 rings (SSSR count). The molecule has 3 aromatic rings. The molecular weight excluding hydrogens is 288 g/mol. The topological polar surface area (TPSA) is 44.1 Å². The third-order valence-electron chi connectivity index (χ3n) is 3.77. The largest absolute Gasteiger partial charge is 0.497 e. The lowest BCUT2D eigenvalue weighted by atomic mass is 10.1. The summed E-state index contributed by atoms with van der Waals surface area (Å²) in [5.74, 6) is 1.96. The Labute approximate surface area is 135 Å². The van der Waals surface area contributed by atoms with Crippen molar-refractivity contribution < 1.29 is 4.74 Å². The van der Waals surface area contributed by atoms with E-state index in [1.54, 1.807) is 11.7 Å². The molecule has 0 radical (unpaired) electrons. The van der Waals surface area contributed by atoms with Crippen LogP contribution in [0.2, 0.25) is 0 Å². The van der Waals surface area contributed by atoms with Gasteiger partial charge in [0.1, 0.15) is 11.6 Å². The molecule has 0 amide bonds. The van der Waals surface area contributed by atoms with Gasteiger partial charge < -0.3 is 4.74 Å². The third-order valence-corrected chi connectivity index (χ3v) is 3.77. The van der Waals surface area contributed by atoms with Crippen LogP contribution in [0.15, 0.2) is 53.3 Å². The summed E-state index contributed by atoms with van der Waals surface area (Å²) in [4.78, 5) is 17.7. The maximum Gasteiger partial charge on any atom is 0.265 e. The second-order valence-corrected chi connectivity index (χ2v) is 5.98. The van der Waals surface area contributed by atoms with E-state index in [1.165, 1.54) is 0 Å². The van der Waals surface area contributed by atoms with Crippen LogP contribution >= 0.6 is 0 Å². The fourth-order valence-corrected chi connectivity index (χ4v) is 2.68. The molecule has 0 aliphatic carbocycles. The molecule has 0 bridgehead atoms. The van der Waals surface area contributed by atoms with E-state index in [4.69, 9.17) is 9.72 Å². The van der Waals surface area contributed by atoms with E-state index in [-0.39, 0.29) is 5.56 Å². The lowest BCUT2D eigenvalue weighted by Gasteiger charge is -2.15. The summed E-state index contributed by atoms with van der Waals surface area (Å²) < 4.78 is 6.91. The Bertz CT molecular complexity index is 880.